The molecule has 1 aliphatic heterocycles. The van der Waals surface area contributed by atoms with Crippen LogP contribution in [-0.2, 0) is 10.2 Å². The van der Waals surface area contributed by atoms with Crippen LogP contribution in [0.2, 0.25) is 0 Å². The SMILES string of the molecule is CC(C)(C)c1ccc(OCCNC(=O)N2CCC(C(=O)O)C2)cc1. The largest absolute Gasteiger partial charge is 0.492 e. The number of likely N-dealkylation sites (tertiary alicyclic amines) is 1. The van der Waals surface area contributed by atoms with Gasteiger partial charge in [0.25, 0.3) is 0 Å². The maximum absolute atomic E-state index is 11.9. The highest BCUT2D eigenvalue weighted by atomic mass is 16.5. The van der Waals surface area contributed by atoms with Crippen molar-refractivity contribution in [3.63, 3.8) is 0 Å². The summed E-state index contributed by atoms with van der Waals surface area (Å²) in [5.41, 5.74) is 1.35. The third-order valence-electron chi connectivity index (χ3n) is 4.19. The Balaban J connectivity index is 1.69. The lowest BCUT2D eigenvalue weighted by Gasteiger charge is -2.19. The van der Waals surface area contributed by atoms with Crippen LogP contribution < -0.4 is 10.1 Å². The van der Waals surface area contributed by atoms with Gasteiger partial charge in [0.1, 0.15) is 12.4 Å². The second-order valence-corrected chi connectivity index (χ2v) is 7.12. The van der Waals surface area contributed by atoms with Crippen molar-refractivity contribution in [1.82, 2.24) is 10.2 Å². The first-order valence-corrected chi connectivity index (χ1v) is 8.26. The van der Waals surface area contributed by atoms with Crippen LogP contribution in [-0.4, -0.2) is 48.2 Å². The Kier molecular flexibility index (Phi) is 5.70. The number of amides is 2. The van der Waals surface area contributed by atoms with E-state index in [-0.39, 0.29) is 18.0 Å². The number of nitrogens with one attached hydrogen (secondary N) is 1. The first-order valence-electron chi connectivity index (χ1n) is 8.26. The molecule has 0 aromatic heterocycles. The van der Waals surface area contributed by atoms with Gasteiger partial charge >= 0.3 is 12.0 Å². The van der Waals surface area contributed by atoms with E-state index in [2.05, 4.69) is 26.1 Å². The molecule has 0 saturated carbocycles. The number of nitrogens with zero attached hydrogens (tertiary/aromatic N) is 1. The second kappa shape index (κ2) is 7.55. The van der Waals surface area contributed by atoms with E-state index in [1.165, 1.54) is 10.5 Å². The molecule has 2 amide bonds. The topological polar surface area (TPSA) is 78.9 Å². The molecule has 1 fully saturated rings. The Morgan fingerprint density at radius 1 is 1.29 bits per heavy atom. The van der Waals surface area contributed by atoms with E-state index in [0.29, 0.717) is 26.1 Å². The van der Waals surface area contributed by atoms with Gasteiger partial charge in [0, 0.05) is 13.1 Å². The van der Waals surface area contributed by atoms with Gasteiger partial charge in [0.2, 0.25) is 0 Å². The molecule has 1 atom stereocenters. The van der Waals surface area contributed by atoms with Crippen molar-refractivity contribution in [3.05, 3.63) is 29.8 Å². The molecule has 0 radical (unpaired) electrons. The van der Waals surface area contributed by atoms with Crippen LogP contribution in [0.25, 0.3) is 0 Å². The highest BCUT2D eigenvalue weighted by Gasteiger charge is 2.30. The number of rotatable bonds is 5. The molecule has 1 saturated heterocycles. The van der Waals surface area contributed by atoms with E-state index in [9.17, 15) is 9.59 Å². The first-order chi connectivity index (χ1) is 11.3. The molecule has 1 aromatic carbocycles. The van der Waals surface area contributed by atoms with Gasteiger partial charge in [-0.25, -0.2) is 4.79 Å². The van der Waals surface area contributed by atoms with Crippen LogP contribution >= 0.6 is 0 Å². The standard InChI is InChI=1S/C18H26N2O4/c1-18(2,3)14-4-6-15(7-5-14)24-11-9-19-17(23)20-10-8-13(12-20)16(21)22/h4-7,13H,8-12H2,1-3H3,(H,19,23)(H,21,22). The van der Waals surface area contributed by atoms with E-state index in [4.69, 9.17) is 9.84 Å². The summed E-state index contributed by atoms with van der Waals surface area (Å²) in [5, 5.41) is 11.7. The molecule has 1 heterocycles. The van der Waals surface area contributed by atoms with Crippen LogP contribution in [0.3, 0.4) is 0 Å². The van der Waals surface area contributed by atoms with Gasteiger partial charge < -0.3 is 20.1 Å². The lowest BCUT2D eigenvalue weighted by Crippen LogP contribution is -2.40. The minimum atomic E-state index is -0.840. The quantitative estimate of drug-likeness (QED) is 0.811. The number of carboxylic acid groups (broad SMARTS) is 1. The molecule has 1 unspecified atom stereocenters. The molecule has 0 bridgehead atoms. The average Bonchev–Trinajstić information content (AvgIpc) is 3.01. The van der Waals surface area contributed by atoms with Gasteiger partial charge in [-0.3, -0.25) is 4.79 Å². The number of urea groups is 1. The lowest BCUT2D eigenvalue weighted by molar-refractivity contribution is -0.141. The summed E-state index contributed by atoms with van der Waals surface area (Å²) in [7, 11) is 0. The number of ether oxygens (including phenoxy) is 1. The fourth-order valence-corrected chi connectivity index (χ4v) is 2.64. The van der Waals surface area contributed by atoms with Crippen LogP contribution in [0.5, 0.6) is 5.75 Å². The fraction of sp³-hybridized carbons (Fsp3) is 0.556. The zero-order chi connectivity index (χ0) is 17.7. The summed E-state index contributed by atoms with van der Waals surface area (Å²) in [4.78, 5) is 24.4. The van der Waals surface area contributed by atoms with Crippen LogP contribution in [0.4, 0.5) is 4.79 Å². The summed E-state index contributed by atoms with van der Waals surface area (Å²) in [6.45, 7) is 7.99. The first kappa shape index (κ1) is 18.1. The van der Waals surface area contributed by atoms with Crippen LogP contribution in [0, 0.1) is 5.92 Å². The fourth-order valence-electron chi connectivity index (χ4n) is 2.64. The lowest BCUT2D eigenvalue weighted by atomic mass is 9.87. The molecule has 1 aromatic rings. The Hall–Kier alpha value is -2.24. The zero-order valence-corrected chi connectivity index (χ0v) is 14.5. The number of carboxylic acids is 1. The van der Waals surface area contributed by atoms with Gasteiger partial charge in [-0.05, 0) is 29.5 Å². The van der Waals surface area contributed by atoms with E-state index in [1.54, 1.807) is 0 Å². The van der Waals surface area contributed by atoms with Gasteiger partial charge in [0.15, 0.2) is 0 Å². The van der Waals surface area contributed by atoms with E-state index >= 15 is 0 Å². The van der Waals surface area contributed by atoms with Crippen molar-refractivity contribution in [1.29, 1.82) is 0 Å². The van der Waals surface area contributed by atoms with Crippen molar-refractivity contribution in [2.75, 3.05) is 26.2 Å². The van der Waals surface area contributed by atoms with Crippen LogP contribution in [0.15, 0.2) is 24.3 Å². The minimum Gasteiger partial charge on any atom is -0.492 e. The van der Waals surface area contributed by atoms with Gasteiger partial charge in [0.05, 0.1) is 12.5 Å². The number of carbonyl (C=O) groups excluding carboxylic acids is 1. The normalized spacial score (nSPS) is 17.6. The molecular formula is C18H26N2O4. The molecule has 2 N–H and O–H groups in total. The zero-order valence-electron chi connectivity index (χ0n) is 14.5. The maximum atomic E-state index is 11.9. The Morgan fingerprint density at radius 2 is 1.96 bits per heavy atom. The number of aliphatic carboxylic acids is 1. The molecule has 2 rings (SSSR count). The van der Waals surface area contributed by atoms with Crippen molar-refractivity contribution < 1.29 is 19.4 Å². The molecule has 6 heteroatoms. The molecule has 24 heavy (non-hydrogen) atoms. The highest BCUT2D eigenvalue weighted by molar-refractivity contribution is 5.77. The number of benzene rings is 1. The molecule has 6 nitrogen and oxygen atoms in total. The predicted molar refractivity (Wildman–Crippen MR) is 91.4 cm³/mol. The summed E-state index contributed by atoms with van der Waals surface area (Å²) in [6.07, 6.45) is 0.513. The number of hydrogen-bond donors (Lipinski definition) is 2. The van der Waals surface area contributed by atoms with E-state index in [0.717, 1.165) is 5.75 Å². The maximum Gasteiger partial charge on any atom is 0.317 e. The third kappa shape index (κ3) is 4.88. The number of hydrogen-bond acceptors (Lipinski definition) is 3. The van der Waals surface area contributed by atoms with Crippen LogP contribution in [0.1, 0.15) is 32.8 Å². The monoisotopic (exact) mass is 334 g/mol. The van der Waals surface area contributed by atoms with Crippen molar-refractivity contribution in [3.8, 4) is 5.75 Å². The van der Waals surface area contributed by atoms with Gasteiger partial charge in [-0.2, -0.15) is 0 Å². The van der Waals surface area contributed by atoms with Gasteiger partial charge in [-0.15, -0.1) is 0 Å². The highest BCUT2D eigenvalue weighted by Crippen LogP contribution is 2.24. The van der Waals surface area contributed by atoms with E-state index < -0.39 is 11.9 Å². The minimum absolute atomic E-state index is 0.107. The molecule has 0 aliphatic carbocycles. The molecular weight excluding hydrogens is 308 g/mol. The molecule has 132 valence electrons. The summed E-state index contributed by atoms with van der Waals surface area (Å²) >= 11 is 0. The predicted octanol–water partition coefficient (Wildman–Crippen LogP) is 2.48. The summed E-state index contributed by atoms with van der Waals surface area (Å²) in [6, 6.07) is 7.72. The molecule has 0 spiro atoms. The van der Waals surface area contributed by atoms with Gasteiger partial charge in [-0.1, -0.05) is 32.9 Å². The van der Waals surface area contributed by atoms with Crippen molar-refractivity contribution >= 4 is 12.0 Å². The summed E-state index contributed by atoms with van der Waals surface area (Å²) < 4.78 is 5.62. The Morgan fingerprint density at radius 3 is 2.50 bits per heavy atom. The smallest absolute Gasteiger partial charge is 0.317 e. The third-order valence-corrected chi connectivity index (χ3v) is 4.19. The summed E-state index contributed by atoms with van der Waals surface area (Å²) in [5.74, 6) is -0.523. The second-order valence-electron chi connectivity index (χ2n) is 7.12. The Bertz CT molecular complexity index is 578. The van der Waals surface area contributed by atoms with Crippen molar-refractivity contribution in [2.45, 2.75) is 32.6 Å². The van der Waals surface area contributed by atoms with E-state index in [1.807, 2.05) is 24.3 Å². The van der Waals surface area contributed by atoms with Crippen molar-refractivity contribution in [2.24, 2.45) is 5.92 Å². The number of carbonyl (C=O) groups is 2. The molecule has 1 aliphatic rings. The average molecular weight is 334 g/mol. The Labute approximate surface area is 142 Å².